The Morgan fingerprint density at radius 3 is 0.875 bits per heavy atom. The largest absolute Gasteiger partial charge is 0.481 e. The van der Waals surface area contributed by atoms with Crippen LogP contribution < -0.4 is 31.8 Å². The molecule has 0 heterocycles. The van der Waals surface area contributed by atoms with Crippen LogP contribution in [-0.2, 0) is 29.1 Å². The SMILES string of the molecule is CC(=O)O.CC(=O)O.S.[Ru].c1ccc([PH+](c2ccccc2)c2ccc3ccccc3c2-c2c([PH+](c3ccccc3)c3ccccc3)ccc3ccccc23)cc1. The summed E-state index contributed by atoms with van der Waals surface area (Å²) in [4.78, 5) is 18.0. The van der Waals surface area contributed by atoms with Gasteiger partial charge in [-0.2, -0.15) is 13.5 Å². The summed E-state index contributed by atoms with van der Waals surface area (Å²) in [6, 6.07) is 72.2. The van der Waals surface area contributed by atoms with Crippen molar-refractivity contribution in [2.45, 2.75) is 13.8 Å². The van der Waals surface area contributed by atoms with Gasteiger partial charge in [0.15, 0.2) is 0 Å². The van der Waals surface area contributed by atoms with Gasteiger partial charge in [-0.3, -0.25) is 9.59 Å². The van der Waals surface area contributed by atoms with Gasteiger partial charge in [0.25, 0.3) is 11.9 Å². The van der Waals surface area contributed by atoms with Crippen molar-refractivity contribution in [2.24, 2.45) is 0 Å². The molecule has 2 N–H and O–H groups in total. The quantitative estimate of drug-likeness (QED) is 0.124. The second-order valence-corrected chi connectivity index (χ2v) is 17.6. The fourth-order valence-corrected chi connectivity index (χ4v) is 12.4. The zero-order chi connectivity index (χ0) is 37.9. The molecular weight excluding hydrogens is 836 g/mol. The number of rotatable bonds is 7. The van der Waals surface area contributed by atoms with Crippen molar-refractivity contribution in [3.8, 4) is 11.1 Å². The number of fused-ring (bicyclic) bond motifs is 2. The van der Waals surface area contributed by atoms with E-state index in [2.05, 4.69) is 194 Å². The van der Waals surface area contributed by atoms with Crippen molar-refractivity contribution in [1.82, 2.24) is 0 Å². The van der Waals surface area contributed by atoms with E-state index in [1.165, 1.54) is 64.5 Å². The maximum Gasteiger partial charge on any atom is 0.300 e. The number of carboxylic acids is 2. The van der Waals surface area contributed by atoms with Crippen molar-refractivity contribution in [1.29, 1.82) is 0 Å². The smallest absolute Gasteiger partial charge is 0.300 e. The monoisotopic (exact) mass is 880 g/mol. The first kappa shape index (κ1) is 43.8. The summed E-state index contributed by atoms with van der Waals surface area (Å²) in [6.45, 7) is 2.17. The standard InChI is InChI=1S/C44H32P2.2C2H4O2.Ru.H2S/c1-5-19-35(20-6-1)45(36-21-7-2-8-22-36)41-31-29-33-17-13-15-27-39(33)43(41)44-40-28-16-14-18-34(40)30-32-42(44)46(37-23-9-3-10-24-37)38-25-11-4-12-26-38;2*1-2(3)4;;/h1-32H;2*1H3,(H,3,4);;1H2/p+2. The van der Waals surface area contributed by atoms with Crippen LogP contribution in [0.2, 0.25) is 0 Å². The van der Waals surface area contributed by atoms with Gasteiger partial charge in [0, 0.05) is 44.5 Å². The van der Waals surface area contributed by atoms with Gasteiger partial charge in [-0.1, -0.05) is 133 Å². The number of aliphatic carboxylic acids is 2. The molecule has 0 saturated carbocycles. The summed E-state index contributed by atoms with van der Waals surface area (Å²) in [5.41, 5.74) is 2.75. The van der Waals surface area contributed by atoms with Gasteiger partial charge in [0.1, 0.15) is 31.8 Å². The van der Waals surface area contributed by atoms with Gasteiger partial charge < -0.3 is 10.2 Å². The second kappa shape index (κ2) is 21.4. The first-order valence-corrected chi connectivity index (χ1v) is 20.7. The summed E-state index contributed by atoms with van der Waals surface area (Å²) in [5, 5.41) is 28.5. The zero-order valence-electron chi connectivity index (χ0n) is 31.0. The minimum atomic E-state index is -1.37. The molecular formula is C48H44O4P2RuS+2. The molecule has 0 amide bonds. The Bertz CT molecular complexity index is 2220. The van der Waals surface area contributed by atoms with Crippen LogP contribution in [0.4, 0.5) is 0 Å². The molecule has 0 bridgehead atoms. The number of hydrogen-bond donors (Lipinski definition) is 2. The van der Waals surface area contributed by atoms with Gasteiger partial charge in [0.05, 0.1) is 15.8 Å². The molecule has 282 valence electrons. The van der Waals surface area contributed by atoms with E-state index in [9.17, 15) is 0 Å². The van der Waals surface area contributed by atoms with Crippen molar-refractivity contribution in [3.05, 3.63) is 194 Å². The summed E-state index contributed by atoms with van der Waals surface area (Å²) in [6.07, 6.45) is 0. The van der Waals surface area contributed by atoms with Gasteiger partial charge in [-0.15, -0.1) is 0 Å². The molecule has 56 heavy (non-hydrogen) atoms. The summed E-state index contributed by atoms with van der Waals surface area (Å²) in [5.74, 6) is -1.67. The minimum absolute atomic E-state index is 0. The number of carboxylic acid groups (broad SMARTS) is 2. The Morgan fingerprint density at radius 2 is 0.607 bits per heavy atom. The van der Waals surface area contributed by atoms with Crippen molar-refractivity contribution < 1.29 is 39.3 Å². The van der Waals surface area contributed by atoms with E-state index in [-0.39, 0.29) is 33.0 Å². The van der Waals surface area contributed by atoms with E-state index < -0.39 is 27.8 Å². The molecule has 0 atom stereocenters. The number of hydrogen-bond acceptors (Lipinski definition) is 2. The molecule has 4 nitrogen and oxygen atoms in total. The Kier molecular flexibility index (Phi) is 16.7. The van der Waals surface area contributed by atoms with Crippen LogP contribution in [0.1, 0.15) is 13.8 Å². The fourth-order valence-electron chi connectivity index (χ4n) is 6.87. The molecule has 8 heteroatoms. The predicted octanol–water partition coefficient (Wildman–Crippen LogP) is 8.93. The predicted molar refractivity (Wildman–Crippen MR) is 244 cm³/mol. The zero-order valence-corrected chi connectivity index (χ0v) is 35.8. The van der Waals surface area contributed by atoms with Gasteiger partial charge in [0.2, 0.25) is 0 Å². The van der Waals surface area contributed by atoms with Crippen LogP contribution in [0.3, 0.4) is 0 Å². The van der Waals surface area contributed by atoms with Crippen LogP contribution in [0, 0.1) is 0 Å². The second-order valence-electron chi connectivity index (χ2n) is 12.7. The topological polar surface area (TPSA) is 74.6 Å². The number of carbonyl (C=O) groups is 2. The molecule has 0 aliphatic heterocycles. The van der Waals surface area contributed by atoms with Gasteiger partial charge in [-0.05, 0) is 82.2 Å². The molecule has 8 rings (SSSR count). The molecule has 0 radical (unpaired) electrons. The van der Waals surface area contributed by atoms with E-state index in [1.54, 1.807) is 0 Å². The van der Waals surface area contributed by atoms with Crippen LogP contribution in [0.15, 0.2) is 194 Å². The van der Waals surface area contributed by atoms with Gasteiger partial charge in [-0.25, -0.2) is 0 Å². The van der Waals surface area contributed by atoms with E-state index in [0.717, 1.165) is 13.8 Å². The van der Waals surface area contributed by atoms with E-state index in [1.807, 2.05) is 0 Å². The van der Waals surface area contributed by atoms with E-state index >= 15 is 0 Å². The molecule has 0 unspecified atom stereocenters. The third kappa shape index (κ3) is 10.7. The Labute approximate surface area is 351 Å². The first-order valence-electron chi connectivity index (χ1n) is 17.7. The van der Waals surface area contributed by atoms with Crippen LogP contribution in [0.5, 0.6) is 0 Å². The normalized spacial score (nSPS) is 10.3. The average molecular weight is 880 g/mol. The maximum atomic E-state index is 9.00. The van der Waals surface area contributed by atoms with Crippen LogP contribution in [-0.4, -0.2) is 22.2 Å². The fraction of sp³-hybridized carbons (Fsp3) is 0.0417. The third-order valence-corrected chi connectivity index (χ3v) is 14.4. The van der Waals surface area contributed by atoms with E-state index in [0.29, 0.717) is 0 Å². The Hall–Kier alpha value is -4.95. The number of benzene rings is 8. The molecule has 8 aromatic rings. The molecule has 0 aliphatic carbocycles. The molecule has 0 saturated heterocycles. The van der Waals surface area contributed by atoms with Gasteiger partial charge >= 0.3 is 0 Å². The first-order chi connectivity index (χ1) is 26.3. The molecule has 8 aromatic carbocycles. The maximum absolute atomic E-state index is 9.00. The Morgan fingerprint density at radius 1 is 0.375 bits per heavy atom. The summed E-state index contributed by atoms with van der Waals surface area (Å²) in [7, 11) is -2.74. The Balaban J connectivity index is 0.000000639. The molecule has 0 aliphatic rings. The third-order valence-electron chi connectivity index (χ3n) is 8.90. The van der Waals surface area contributed by atoms with E-state index in [4.69, 9.17) is 19.8 Å². The van der Waals surface area contributed by atoms with Crippen molar-refractivity contribution >= 4 is 94.6 Å². The molecule has 0 aromatic heterocycles. The minimum Gasteiger partial charge on any atom is -0.481 e. The van der Waals surface area contributed by atoms with Crippen molar-refractivity contribution in [3.63, 3.8) is 0 Å². The molecule has 0 fully saturated rings. The summed E-state index contributed by atoms with van der Waals surface area (Å²) < 4.78 is 0. The molecule has 0 spiro atoms. The summed E-state index contributed by atoms with van der Waals surface area (Å²) >= 11 is 0. The van der Waals surface area contributed by atoms with Crippen LogP contribution in [0.25, 0.3) is 32.7 Å². The van der Waals surface area contributed by atoms with Crippen molar-refractivity contribution in [2.75, 3.05) is 0 Å². The average Bonchev–Trinajstić information content (AvgIpc) is 3.19. The van der Waals surface area contributed by atoms with Crippen LogP contribution >= 0.6 is 29.3 Å².